The van der Waals surface area contributed by atoms with Gasteiger partial charge in [0.1, 0.15) is 0 Å². The van der Waals surface area contributed by atoms with Crippen LogP contribution in [0.5, 0.6) is 0 Å². The van der Waals surface area contributed by atoms with E-state index in [1.54, 1.807) is 0 Å². The summed E-state index contributed by atoms with van der Waals surface area (Å²) in [6.07, 6.45) is 7.06. The van der Waals surface area contributed by atoms with Crippen LogP contribution in [-0.4, -0.2) is 27.5 Å². The fraction of sp³-hybridized carbons (Fsp3) is 0.600. The van der Waals surface area contributed by atoms with Crippen LogP contribution >= 0.6 is 22.6 Å². The molecule has 0 saturated carbocycles. The molecule has 0 aliphatic carbocycles. The first-order valence-electron chi connectivity index (χ1n) is 1.91. The Hall–Kier alpha value is 2.52. The predicted octanol–water partition coefficient (Wildman–Crippen LogP) is -4.54. The van der Waals surface area contributed by atoms with Crippen molar-refractivity contribution in [2.24, 2.45) is 0 Å². The summed E-state index contributed by atoms with van der Waals surface area (Å²) in [4.78, 5) is 0. The van der Waals surface area contributed by atoms with Crippen LogP contribution < -0.4 is 48.0 Å². The Morgan fingerprint density at radius 1 is 1.33 bits per heavy atom. The molecular weight excluding hydrogens is 465 g/mol. The number of terminal acetylenes is 1. The molecule has 0 fully saturated rings. The Bertz CT molecular complexity index is 59.7. The molecule has 0 bridgehead atoms. The normalized spacial score (nSPS) is 4.89. The van der Waals surface area contributed by atoms with Gasteiger partial charge in [-0.1, -0.05) is 22.6 Å². The molecule has 9 heavy (non-hydrogen) atoms. The van der Waals surface area contributed by atoms with Crippen LogP contribution in [0.15, 0.2) is 0 Å². The first kappa shape index (κ1) is 22.5. The second-order valence-corrected chi connectivity index (χ2v) is 2.08. The Balaban J connectivity index is -0.0000000417. The Morgan fingerprint density at radius 2 is 1.78 bits per heavy atom. The summed E-state index contributed by atoms with van der Waals surface area (Å²) in [5, 5.41) is 0. The minimum atomic E-state index is 0. The molecule has 0 heterocycles. The molecular formula is C5H7I3Mg. The van der Waals surface area contributed by atoms with E-state index in [1.807, 2.05) is 0 Å². The van der Waals surface area contributed by atoms with E-state index in [0.29, 0.717) is 0 Å². The van der Waals surface area contributed by atoms with E-state index >= 15 is 0 Å². The second-order valence-electron chi connectivity index (χ2n) is 0.997. The number of rotatable bonds is 2. The van der Waals surface area contributed by atoms with Gasteiger partial charge in [0.2, 0.25) is 0 Å². The first-order chi connectivity index (χ1) is 2.91. The minimum absolute atomic E-state index is 0. The van der Waals surface area contributed by atoms with Gasteiger partial charge in [0.25, 0.3) is 0 Å². The summed E-state index contributed by atoms with van der Waals surface area (Å²) in [6.45, 7) is 0. The minimum Gasteiger partial charge on any atom is -1.00 e. The smallest absolute Gasteiger partial charge is 1.00 e. The van der Waals surface area contributed by atoms with Crippen molar-refractivity contribution in [2.75, 3.05) is 4.43 Å². The van der Waals surface area contributed by atoms with Gasteiger partial charge in [0.15, 0.2) is 0 Å². The maximum absolute atomic E-state index is 4.96. The van der Waals surface area contributed by atoms with Crippen molar-refractivity contribution in [3.63, 3.8) is 0 Å². The largest absolute Gasteiger partial charge is 2.00 e. The Morgan fingerprint density at radius 3 is 1.89 bits per heavy atom. The van der Waals surface area contributed by atoms with Crippen molar-refractivity contribution in [1.82, 2.24) is 0 Å². The van der Waals surface area contributed by atoms with Gasteiger partial charge in [-0.15, -0.1) is 12.3 Å². The maximum atomic E-state index is 4.96. The topological polar surface area (TPSA) is 0 Å². The zero-order valence-electron chi connectivity index (χ0n) is 5.04. The van der Waals surface area contributed by atoms with Gasteiger partial charge in [-0.05, 0) is 6.42 Å². The number of hydrogen-bond donors (Lipinski definition) is 0. The van der Waals surface area contributed by atoms with E-state index in [4.69, 9.17) is 6.42 Å². The van der Waals surface area contributed by atoms with E-state index < -0.39 is 0 Å². The third-order valence-electron chi connectivity index (χ3n) is 0.455. The van der Waals surface area contributed by atoms with Crippen LogP contribution in [0, 0.1) is 12.3 Å². The summed E-state index contributed by atoms with van der Waals surface area (Å²) in [5.41, 5.74) is 0. The second kappa shape index (κ2) is 22.4. The third-order valence-corrected chi connectivity index (χ3v) is 1.22. The van der Waals surface area contributed by atoms with Gasteiger partial charge in [-0.2, -0.15) is 0 Å². The van der Waals surface area contributed by atoms with E-state index in [1.165, 1.54) is 4.43 Å². The Kier molecular flexibility index (Phi) is 56.2. The molecule has 0 spiro atoms. The van der Waals surface area contributed by atoms with Gasteiger partial charge >= 0.3 is 23.1 Å². The van der Waals surface area contributed by atoms with Crippen LogP contribution in [0.3, 0.4) is 0 Å². The molecule has 0 radical (unpaired) electrons. The summed E-state index contributed by atoms with van der Waals surface area (Å²) in [5.74, 6) is 2.56. The van der Waals surface area contributed by atoms with E-state index in [-0.39, 0.29) is 71.0 Å². The molecule has 0 saturated heterocycles. The van der Waals surface area contributed by atoms with Crippen molar-refractivity contribution in [3.05, 3.63) is 0 Å². The zero-order chi connectivity index (χ0) is 4.83. The molecule has 0 aromatic carbocycles. The van der Waals surface area contributed by atoms with Crippen LogP contribution in [0.4, 0.5) is 0 Å². The molecule has 50 valence electrons. The SMILES string of the molecule is C#CCCCI.[I-].[I-].[Mg+2]. The Labute approximate surface area is 121 Å². The molecule has 0 aromatic rings. The molecule has 0 N–H and O–H groups in total. The number of hydrogen-bond acceptors (Lipinski definition) is 0. The summed E-state index contributed by atoms with van der Waals surface area (Å²) < 4.78 is 1.18. The van der Waals surface area contributed by atoms with Gasteiger partial charge in [0.05, 0.1) is 0 Å². The van der Waals surface area contributed by atoms with Crippen LogP contribution in [0.25, 0.3) is 0 Å². The van der Waals surface area contributed by atoms with Crippen LogP contribution in [0.2, 0.25) is 0 Å². The predicted molar refractivity (Wildman–Crippen MR) is 42.7 cm³/mol. The number of unbranched alkanes of at least 4 members (excludes halogenated alkanes) is 1. The third kappa shape index (κ3) is 25.1. The van der Waals surface area contributed by atoms with Crippen LogP contribution in [0.1, 0.15) is 12.8 Å². The van der Waals surface area contributed by atoms with E-state index in [0.717, 1.165) is 12.8 Å². The summed E-state index contributed by atoms with van der Waals surface area (Å²) >= 11 is 2.32. The monoisotopic (exact) mass is 472 g/mol. The number of alkyl halides is 1. The number of halogens is 3. The van der Waals surface area contributed by atoms with Gasteiger partial charge in [-0.25, -0.2) is 0 Å². The van der Waals surface area contributed by atoms with Crippen molar-refractivity contribution in [3.8, 4) is 12.3 Å². The van der Waals surface area contributed by atoms with Crippen molar-refractivity contribution < 1.29 is 48.0 Å². The van der Waals surface area contributed by atoms with Crippen LogP contribution in [-0.2, 0) is 0 Å². The maximum Gasteiger partial charge on any atom is 2.00 e. The van der Waals surface area contributed by atoms with Crippen molar-refractivity contribution >= 4 is 45.6 Å². The van der Waals surface area contributed by atoms with Gasteiger partial charge in [-0.3, -0.25) is 0 Å². The molecule has 4 heteroatoms. The van der Waals surface area contributed by atoms with Gasteiger partial charge < -0.3 is 48.0 Å². The average Bonchev–Trinajstić information content (AvgIpc) is 1.61. The van der Waals surface area contributed by atoms with Gasteiger partial charge in [0, 0.05) is 10.8 Å². The summed E-state index contributed by atoms with van der Waals surface area (Å²) in [7, 11) is 0. The van der Waals surface area contributed by atoms with Crippen molar-refractivity contribution in [1.29, 1.82) is 0 Å². The quantitative estimate of drug-likeness (QED) is 0.125. The molecule has 0 atom stereocenters. The molecule has 0 aliphatic heterocycles. The molecule has 0 amide bonds. The molecule has 0 unspecified atom stereocenters. The van der Waals surface area contributed by atoms with E-state index in [9.17, 15) is 0 Å². The first-order valence-corrected chi connectivity index (χ1v) is 3.44. The molecule has 0 nitrogen and oxygen atoms in total. The standard InChI is InChI=1S/C5H7I.2HI.Mg/c1-2-3-4-5-6;;;/h1H,3-5H2;2*1H;/q;;;+2/p-2. The van der Waals surface area contributed by atoms with E-state index in [2.05, 4.69) is 28.5 Å². The molecule has 0 aromatic heterocycles. The molecule has 0 rings (SSSR count). The average molecular weight is 472 g/mol. The fourth-order valence-electron chi connectivity index (χ4n) is 0.169. The fourth-order valence-corrected chi connectivity index (χ4v) is 0.550. The summed E-state index contributed by atoms with van der Waals surface area (Å²) in [6, 6.07) is 0. The zero-order valence-corrected chi connectivity index (χ0v) is 12.9. The van der Waals surface area contributed by atoms with Crippen molar-refractivity contribution in [2.45, 2.75) is 12.8 Å². The molecule has 0 aliphatic rings.